The number of unbranched alkanes of at least 4 members (excludes halogenated alkanes) is 21. The number of carbonyl (C=O) groups is 2. The zero-order chi connectivity index (χ0) is 44.8. The largest absolute Gasteiger partial charge is 0.472 e. The first-order chi connectivity index (χ1) is 29.7. The molecule has 9 nitrogen and oxygen atoms in total. The van der Waals surface area contributed by atoms with Gasteiger partial charge in [0.25, 0.3) is 0 Å². The molecule has 0 radical (unpaired) electrons. The van der Waals surface area contributed by atoms with Crippen molar-refractivity contribution in [3.8, 4) is 0 Å². The first-order valence-corrected chi connectivity index (χ1v) is 26.1. The van der Waals surface area contributed by atoms with E-state index in [1.54, 1.807) is 0 Å². The van der Waals surface area contributed by atoms with Crippen LogP contribution >= 0.6 is 7.82 Å². The second-order valence-electron chi connectivity index (χ2n) is 16.6. The predicted octanol–water partition coefficient (Wildman–Crippen LogP) is 14.7. The van der Waals surface area contributed by atoms with E-state index in [1.165, 1.54) is 103 Å². The summed E-state index contributed by atoms with van der Waals surface area (Å²) < 4.78 is 33.6. The summed E-state index contributed by atoms with van der Waals surface area (Å²) >= 11 is 0. The molecule has 2 unspecified atom stereocenters. The van der Waals surface area contributed by atoms with E-state index in [-0.39, 0.29) is 32.0 Å². The Balaban J connectivity index is 4.23. The van der Waals surface area contributed by atoms with Gasteiger partial charge in [-0.25, -0.2) is 4.57 Å². The van der Waals surface area contributed by atoms with E-state index in [0.29, 0.717) is 13.0 Å². The van der Waals surface area contributed by atoms with Crippen LogP contribution in [0.5, 0.6) is 0 Å². The van der Waals surface area contributed by atoms with Crippen molar-refractivity contribution in [2.45, 2.75) is 213 Å². The second-order valence-corrected chi connectivity index (χ2v) is 18.1. The third-order valence-corrected chi connectivity index (χ3v) is 11.3. The highest BCUT2D eigenvalue weighted by Crippen LogP contribution is 2.43. The van der Waals surface area contributed by atoms with Crippen molar-refractivity contribution in [3.63, 3.8) is 0 Å². The lowest BCUT2D eigenvalue weighted by atomic mass is 10.0. The molecule has 1 N–H and O–H groups in total. The summed E-state index contributed by atoms with van der Waals surface area (Å²) in [5.74, 6) is -0.830. The van der Waals surface area contributed by atoms with Gasteiger partial charge in [0.2, 0.25) is 0 Å². The van der Waals surface area contributed by atoms with Gasteiger partial charge in [0.05, 0.1) is 13.2 Å². The zero-order valence-electron chi connectivity index (χ0n) is 39.6. The van der Waals surface area contributed by atoms with Crippen LogP contribution in [0.25, 0.3) is 0 Å². The average Bonchev–Trinajstić information content (AvgIpc) is 3.23. The Morgan fingerprint density at radius 2 is 0.934 bits per heavy atom. The first kappa shape index (κ1) is 58.7. The van der Waals surface area contributed by atoms with E-state index in [2.05, 4.69) is 74.6 Å². The molecule has 0 amide bonds. The summed E-state index contributed by atoms with van der Waals surface area (Å²) in [6.07, 6.45) is 54.1. The van der Waals surface area contributed by atoms with Crippen molar-refractivity contribution < 1.29 is 37.6 Å². The maximum absolute atomic E-state index is 12.7. The van der Waals surface area contributed by atoms with Crippen LogP contribution in [0, 0.1) is 0 Å². The van der Waals surface area contributed by atoms with Gasteiger partial charge in [-0.15, -0.1) is 0 Å². The van der Waals surface area contributed by atoms with E-state index in [9.17, 15) is 19.0 Å². The number of nitrogens with zero attached hydrogens (tertiary/aromatic N) is 1. The molecule has 0 saturated carbocycles. The third-order valence-electron chi connectivity index (χ3n) is 10.3. The van der Waals surface area contributed by atoms with Crippen molar-refractivity contribution in [1.29, 1.82) is 0 Å². The van der Waals surface area contributed by atoms with E-state index < -0.39 is 26.5 Å². The molecule has 0 aliphatic rings. The molecule has 0 bridgehead atoms. The van der Waals surface area contributed by atoms with E-state index in [0.717, 1.165) is 70.6 Å². The molecular weight excluding hydrogens is 786 g/mol. The molecule has 0 heterocycles. The number of esters is 2. The third kappa shape index (κ3) is 47.0. The molecule has 0 rings (SSSR count). The van der Waals surface area contributed by atoms with Crippen molar-refractivity contribution in [2.24, 2.45) is 0 Å². The van der Waals surface area contributed by atoms with Gasteiger partial charge in [0.15, 0.2) is 6.10 Å². The Morgan fingerprint density at radius 3 is 1.41 bits per heavy atom. The lowest BCUT2D eigenvalue weighted by Crippen LogP contribution is -2.29. The number of ether oxygens (including phenoxy) is 2. The Morgan fingerprint density at radius 1 is 0.525 bits per heavy atom. The van der Waals surface area contributed by atoms with Crippen molar-refractivity contribution in [3.05, 3.63) is 60.8 Å². The average molecular weight is 878 g/mol. The number of phosphoric ester groups is 1. The summed E-state index contributed by atoms with van der Waals surface area (Å²) in [4.78, 5) is 37.2. The van der Waals surface area contributed by atoms with Gasteiger partial charge in [0.1, 0.15) is 6.61 Å². The van der Waals surface area contributed by atoms with E-state index in [4.69, 9.17) is 18.5 Å². The van der Waals surface area contributed by atoms with Crippen LogP contribution in [0.15, 0.2) is 60.8 Å². The van der Waals surface area contributed by atoms with Crippen molar-refractivity contribution in [2.75, 3.05) is 40.5 Å². The molecule has 0 aromatic carbocycles. The van der Waals surface area contributed by atoms with Crippen LogP contribution in [-0.2, 0) is 32.7 Å². The number of phosphoric acid groups is 1. The molecule has 0 fully saturated rings. The van der Waals surface area contributed by atoms with E-state index in [1.807, 2.05) is 19.0 Å². The minimum Gasteiger partial charge on any atom is -0.462 e. The van der Waals surface area contributed by atoms with Gasteiger partial charge >= 0.3 is 19.8 Å². The molecule has 2 atom stereocenters. The minimum atomic E-state index is -4.38. The predicted molar refractivity (Wildman–Crippen MR) is 257 cm³/mol. The molecule has 0 aromatic heterocycles. The normalized spacial score (nSPS) is 13.8. The Labute approximate surface area is 374 Å². The monoisotopic (exact) mass is 878 g/mol. The second kappa shape index (κ2) is 45.7. The molecule has 10 heteroatoms. The molecule has 0 aliphatic heterocycles. The Kier molecular flexibility index (Phi) is 44.0. The van der Waals surface area contributed by atoms with Gasteiger partial charge in [-0.05, 0) is 91.1 Å². The van der Waals surface area contributed by atoms with Crippen LogP contribution in [0.1, 0.15) is 206 Å². The standard InChI is InChI=1S/C51H92NO8P/c1-5-7-9-11-13-15-17-19-21-23-24-25-26-28-29-31-33-35-37-39-41-43-50(53)57-47-49(48-59-61(55,56)58-46-45-52(3)4)60-51(54)44-42-40-38-36-34-32-30-27-22-20-18-16-14-12-10-8-6-2/h8,10,14,16,19-22,30,32,49H,5-7,9,11-13,15,17-18,23-29,31,33-48H2,1-4H3,(H,55,56)/b10-8-,16-14-,21-19-,22-20-,32-30-. The molecular formula is C51H92NO8P. The minimum absolute atomic E-state index is 0.000179. The van der Waals surface area contributed by atoms with Crippen molar-refractivity contribution >= 4 is 19.8 Å². The van der Waals surface area contributed by atoms with Crippen LogP contribution < -0.4 is 0 Å². The number of allylic oxidation sites excluding steroid dienone is 10. The molecule has 0 spiro atoms. The highest BCUT2D eigenvalue weighted by atomic mass is 31.2. The molecule has 61 heavy (non-hydrogen) atoms. The topological polar surface area (TPSA) is 112 Å². The summed E-state index contributed by atoms with van der Waals surface area (Å²) in [6.45, 7) is 4.19. The zero-order valence-corrected chi connectivity index (χ0v) is 40.5. The summed E-state index contributed by atoms with van der Waals surface area (Å²) in [5.41, 5.74) is 0. The maximum atomic E-state index is 12.7. The van der Waals surface area contributed by atoms with Gasteiger partial charge < -0.3 is 19.3 Å². The smallest absolute Gasteiger partial charge is 0.462 e. The number of carbonyl (C=O) groups excluding carboxylic acids is 2. The van der Waals surface area contributed by atoms with E-state index >= 15 is 0 Å². The first-order valence-electron chi connectivity index (χ1n) is 24.6. The van der Waals surface area contributed by atoms with Crippen LogP contribution in [0.3, 0.4) is 0 Å². The lowest BCUT2D eigenvalue weighted by molar-refractivity contribution is -0.161. The molecule has 0 saturated heterocycles. The summed E-state index contributed by atoms with van der Waals surface area (Å²) in [6, 6.07) is 0. The maximum Gasteiger partial charge on any atom is 0.472 e. The summed E-state index contributed by atoms with van der Waals surface area (Å²) in [5, 5.41) is 0. The SMILES string of the molecule is CC/C=C\C/C=C\C/C=C\C/C=C\CCCCCCC(=O)OC(COC(=O)CCCCCCCCCCCCC/C=C\CCCCCCCC)COP(=O)(O)OCCN(C)C. The fourth-order valence-electron chi connectivity index (χ4n) is 6.56. The van der Waals surface area contributed by atoms with Gasteiger partial charge in [-0.3, -0.25) is 18.6 Å². The number of hydrogen-bond acceptors (Lipinski definition) is 8. The molecule has 354 valence electrons. The van der Waals surface area contributed by atoms with Gasteiger partial charge in [-0.1, -0.05) is 177 Å². The Hall–Kier alpha value is -2.29. The van der Waals surface area contributed by atoms with Crippen LogP contribution in [-0.4, -0.2) is 68.3 Å². The van der Waals surface area contributed by atoms with Gasteiger partial charge in [0, 0.05) is 19.4 Å². The summed E-state index contributed by atoms with van der Waals surface area (Å²) in [7, 11) is -0.730. The number of rotatable bonds is 45. The molecule has 0 aromatic rings. The lowest BCUT2D eigenvalue weighted by Gasteiger charge is -2.20. The van der Waals surface area contributed by atoms with Crippen molar-refractivity contribution in [1.82, 2.24) is 4.90 Å². The fraction of sp³-hybridized carbons (Fsp3) is 0.765. The highest BCUT2D eigenvalue weighted by molar-refractivity contribution is 7.47. The molecule has 0 aliphatic carbocycles. The van der Waals surface area contributed by atoms with Gasteiger partial charge in [-0.2, -0.15) is 0 Å². The number of hydrogen-bond donors (Lipinski definition) is 1. The fourth-order valence-corrected chi connectivity index (χ4v) is 7.30. The number of likely N-dealkylation sites (N-methyl/N-ethyl adjacent to an activating group) is 1. The quantitative estimate of drug-likeness (QED) is 0.0277. The van der Waals surface area contributed by atoms with Crippen LogP contribution in [0.4, 0.5) is 0 Å². The highest BCUT2D eigenvalue weighted by Gasteiger charge is 2.26. The Bertz CT molecular complexity index is 1200. The van der Waals surface area contributed by atoms with Crippen LogP contribution in [0.2, 0.25) is 0 Å².